The number of Topliss-reactive ketones (excluding diaryl/α,β-unsaturated/α-hetero) is 1. The van der Waals surface area contributed by atoms with Gasteiger partial charge in [-0.3, -0.25) is 9.59 Å². The van der Waals surface area contributed by atoms with Crippen molar-refractivity contribution in [1.29, 1.82) is 0 Å². The molecule has 3 aromatic rings. The average molecular weight is 735 g/mol. The van der Waals surface area contributed by atoms with Crippen molar-refractivity contribution in [1.82, 2.24) is 20.3 Å². The molecule has 0 saturated carbocycles. The number of nitrogens with one attached hydrogen (secondary N) is 4. The number of ketones is 1. The van der Waals surface area contributed by atoms with Gasteiger partial charge >= 0.3 is 5.97 Å². The summed E-state index contributed by atoms with van der Waals surface area (Å²) < 4.78 is 11.2. The van der Waals surface area contributed by atoms with Crippen LogP contribution in [0.3, 0.4) is 0 Å². The minimum atomic E-state index is -1.36. The minimum absolute atomic E-state index is 0.0529. The Hall–Kier alpha value is -4.60. The maximum absolute atomic E-state index is 14.4. The van der Waals surface area contributed by atoms with E-state index >= 15 is 0 Å². The van der Waals surface area contributed by atoms with Crippen LogP contribution in [0.5, 0.6) is 0 Å². The number of rotatable bonds is 13. The zero-order valence-corrected chi connectivity index (χ0v) is 33.5. The fourth-order valence-corrected chi connectivity index (χ4v) is 8.61. The van der Waals surface area contributed by atoms with Crippen molar-refractivity contribution in [2.45, 2.75) is 100 Å². The number of aliphatic hydroxyl groups excluding tert-OH is 1. The molecule has 9 nitrogen and oxygen atoms in total. The molecule has 4 atom stereocenters. The number of H-pyrrole nitrogens is 3. The first kappa shape index (κ1) is 39.1. The van der Waals surface area contributed by atoms with E-state index < -0.39 is 12.2 Å². The van der Waals surface area contributed by atoms with Crippen LogP contribution in [0.1, 0.15) is 128 Å². The molecule has 0 amide bonds. The molecule has 5 N–H and O–H groups in total. The summed E-state index contributed by atoms with van der Waals surface area (Å²) in [5, 5.41) is 17.0. The van der Waals surface area contributed by atoms with Crippen LogP contribution in [0.15, 0.2) is 29.6 Å². The van der Waals surface area contributed by atoms with E-state index in [1.54, 1.807) is 0 Å². The molecule has 9 heteroatoms. The van der Waals surface area contributed by atoms with Crippen LogP contribution < -0.4 is 16.0 Å². The van der Waals surface area contributed by atoms with Gasteiger partial charge in [-0.1, -0.05) is 52.3 Å². The van der Waals surface area contributed by atoms with Gasteiger partial charge in [0, 0.05) is 81.2 Å². The largest absolute Gasteiger partial charge is 0.461 e. The molecule has 1 saturated heterocycles. The summed E-state index contributed by atoms with van der Waals surface area (Å²) >= 11 is 0. The second-order valence-corrected chi connectivity index (χ2v) is 15.8. The van der Waals surface area contributed by atoms with Gasteiger partial charge in [-0.2, -0.15) is 0 Å². The lowest BCUT2D eigenvalue weighted by Crippen LogP contribution is -2.29. The lowest BCUT2D eigenvalue weighted by Gasteiger charge is -2.23. The summed E-state index contributed by atoms with van der Waals surface area (Å²) in [5.41, 5.74) is 12.9. The number of allylic oxidation sites excluding steroid dienone is 3. The molecule has 0 radical (unpaired) electrons. The number of aromatic amines is 3. The Kier molecular flexibility index (Phi) is 11.6. The Balaban J connectivity index is 1.47. The monoisotopic (exact) mass is 734 g/mol. The Labute approximate surface area is 319 Å². The lowest BCUT2D eigenvalue weighted by atomic mass is 9.84. The molecule has 0 aromatic carbocycles. The molecule has 5 heterocycles. The van der Waals surface area contributed by atoms with Gasteiger partial charge in [0.25, 0.3) is 0 Å². The first-order valence-corrected chi connectivity index (χ1v) is 19.6. The Morgan fingerprint density at radius 1 is 1.00 bits per heavy atom. The number of ether oxygens (including phenoxy) is 2. The Morgan fingerprint density at radius 2 is 1.72 bits per heavy atom. The molecule has 2 aliphatic heterocycles. The number of fused-ring (bicyclic) bond motifs is 7. The predicted octanol–water partition coefficient (Wildman–Crippen LogP) is 7.25. The standard InChI is InChI=1S/C45H58N4O5/c1-11-29-25(6)32-20-34-27(8)31(16-17-38(50)54-19-18-24(5)15-13-14-23(3)4)42(48-34)40-41(45(52)53-10)44(51)39-28(9)35(49-43(39)40)22-37-30(12-2)26(7)33(47-37)21-36(29)46-32/h11,18,20-23,27,31,41,45-49,52H,1,12-17,19H2,2-10H3/b24-18-,33-21+,34-20-,37-22-,42-40-/t27-,31-,41+,45?/m0/s1. The van der Waals surface area contributed by atoms with E-state index in [0.29, 0.717) is 29.2 Å². The number of aliphatic hydroxyl groups is 1. The van der Waals surface area contributed by atoms with E-state index in [4.69, 9.17) is 9.47 Å². The summed E-state index contributed by atoms with van der Waals surface area (Å²) in [5.74, 6) is -0.953. The highest BCUT2D eigenvalue weighted by atomic mass is 16.6. The van der Waals surface area contributed by atoms with Gasteiger partial charge in [-0.25, -0.2) is 0 Å². The van der Waals surface area contributed by atoms with Crippen LogP contribution >= 0.6 is 0 Å². The molecule has 1 aliphatic carbocycles. The quantitative estimate of drug-likeness (QED) is 0.0714. The zero-order valence-electron chi connectivity index (χ0n) is 33.5. The van der Waals surface area contributed by atoms with E-state index in [1.165, 1.54) is 24.7 Å². The highest BCUT2D eigenvalue weighted by Crippen LogP contribution is 2.49. The van der Waals surface area contributed by atoms with Gasteiger partial charge in [0.05, 0.1) is 5.69 Å². The van der Waals surface area contributed by atoms with Gasteiger partial charge in [-0.05, 0) is 106 Å². The molecule has 54 heavy (non-hydrogen) atoms. The van der Waals surface area contributed by atoms with E-state index in [0.717, 1.165) is 80.7 Å². The second kappa shape index (κ2) is 16.0. The third-order valence-electron chi connectivity index (χ3n) is 11.9. The van der Waals surface area contributed by atoms with Crippen molar-refractivity contribution in [3.8, 4) is 0 Å². The Morgan fingerprint density at radius 3 is 2.41 bits per heavy atom. The zero-order chi connectivity index (χ0) is 39.0. The fourth-order valence-electron chi connectivity index (χ4n) is 8.61. The molecule has 6 rings (SSSR count). The number of hydrogen-bond donors (Lipinski definition) is 5. The molecule has 8 bridgehead atoms. The van der Waals surface area contributed by atoms with Crippen molar-refractivity contribution < 1.29 is 24.2 Å². The molecule has 0 spiro atoms. The summed E-state index contributed by atoms with van der Waals surface area (Å²) in [7, 11) is 1.42. The van der Waals surface area contributed by atoms with E-state index in [-0.39, 0.29) is 36.6 Å². The first-order valence-electron chi connectivity index (χ1n) is 19.6. The van der Waals surface area contributed by atoms with E-state index in [9.17, 15) is 14.7 Å². The van der Waals surface area contributed by atoms with Crippen molar-refractivity contribution in [2.75, 3.05) is 13.7 Å². The summed E-state index contributed by atoms with van der Waals surface area (Å²) in [6.07, 6.45) is 13.7. The summed E-state index contributed by atoms with van der Waals surface area (Å²) in [6, 6.07) is 0. The van der Waals surface area contributed by atoms with Gasteiger partial charge in [0.15, 0.2) is 12.1 Å². The van der Waals surface area contributed by atoms with Crippen molar-refractivity contribution in [3.05, 3.63) is 96.5 Å². The van der Waals surface area contributed by atoms with E-state index in [1.807, 2.05) is 19.1 Å². The van der Waals surface area contributed by atoms with Crippen LogP contribution in [0, 0.1) is 44.4 Å². The number of esters is 1. The van der Waals surface area contributed by atoms with Gasteiger partial charge < -0.3 is 34.8 Å². The second-order valence-electron chi connectivity index (χ2n) is 15.8. The van der Waals surface area contributed by atoms with Crippen molar-refractivity contribution >= 4 is 41.6 Å². The lowest BCUT2D eigenvalue weighted by molar-refractivity contribution is -0.142. The van der Waals surface area contributed by atoms with Crippen LogP contribution in [-0.4, -0.2) is 51.8 Å². The fraction of sp³-hybridized carbons (Fsp3) is 0.467. The normalized spacial score (nSPS) is 23.4. The van der Waals surface area contributed by atoms with Gasteiger partial charge in [0.2, 0.25) is 0 Å². The highest BCUT2D eigenvalue weighted by Gasteiger charge is 2.48. The molecular weight excluding hydrogens is 677 g/mol. The van der Waals surface area contributed by atoms with E-state index in [2.05, 4.69) is 93.5 Å². The van der Waals surface area contributed by atoms with Gasteiger partial charge in [0.1, 0.15) is 12.5 Å². The third kappa shape index (κ3) is 7.28. The van der Waals surface area contributed by atoms with Crippen LogP contribution in [0.2, 0.25) is 0 Å². The molecule has 3 aromatic heterocycles. The maximum Gasteiger partial charge on any atom is 0.306 e. The summed E-state index contributed by atoms with van der Waals surface area (Å²) in [6.45, 7) is 21.4. The molecule has 3 aliphatic rings. The first-order chi connectivity index (χ1) is 25.8. The van der Waals surface area contributed by atoms with Crippen LogP contribution in [0.25, 0.3) is 29.9 Å². The number of methoxy groups -OCH3 is 1. The van der Waals surface area contributed by atoms with Gasteiger partial charge in [-0.15, -0.1) is 0 Å². The van der Waals surface area contributed by atoms with Crippen molar-refractivity contribution in [2.24, 2.45) is 23.7 Å². The number of carbonyl (C=O) groups is 2. The molecule has 288 valence electrons. The van der Waals surface area contributed by atoms with Crippen molar-refractivity contribution in [3.63, 3.8) is 0 Å². The number of hydrogen-bond acceptors (Lipinski definition) is 6. The predicted molar refractivity (Wildman–Crippen MR) is 217 cm³/mol. The molecule has 1 fully saturated rings. The summed E-state index contributed by atoms with van der Waals surface area (Å²) in [4.78, 5) is 38.5. The minimum Gasteiger partial charge on any atom is -0.461 e. The van der Waals surface area contributed by atoms with Crippen LogP contribution in [-0.2, 0) is 20.7 Å². The van der Waals surface area contributed by atoms with Crippen LogP contribution in [0.4, 0.5) is 0 Å². The molecule has 1 unspecified atom stereocenters. The Bertz CT molecular complexity index is 2180. The topological polar surface area (TPSA) is 132 Å². The molecular formula is C45H58N4O5. The smallest absolute Gasteiger partial charge is 0.306 e. The number of aromatic nitrogens is 3. The number of carbonyl (C=O) groups excluding carboxylic acids is 2. The maximum atomic E-state index is 14.4. The highest BCUT2D eigenvalue weighted by molar-refractivity contribution is 6.15. The SMILES string of the molecule is C=Cc1c2[nH]c(c1C)/C=C1\N/C(=C3\c4[nH]c(c(C)c4C(=O)[C@@H]3C(O)OC)/C=c3\[nH]/c(c(C)c3CC)=C/2)[C@@H](CCC(=O)OC/C=C(/C)CCCC(C)C)[C@@H]1C. The third-order valence-corrected chi connectivity index (χ3v) is 11.9. The average Bonchev–Trinajstić information content (AvgIpc) is 3.87.